The number of nitrogens with zero attached hydrogens (tertiary/aromatic N) is 3. The van der Waals surface area contributed by atoms with Gasteiger partial charge < -0.3 is 10.0 Å². The number of fused-ring (bicyclic) bond motifs is 1. The first-order valence-corrected chi connectivity index (χ1v) is 8.08. The molecule has 1 N–H and O–H groups in total. The summed E-state index contributed by atoms with van der Waals surface area (Å²) in [6.45, 7) is 6.35. The fourth-order valence-electron chi connectivity index (χ4n) is 2.76. The van der Waals surface area contributed by atoms with Gasteiger partial charge in [-0.15, -0.1) is 11.3 Å². The molecule has 108 valence electrons. The van der Waals surface area contributed by atoms with E-state index in [1.165, 1.54) is 10.4 Å². The highest BCUT2D eigenvalue weighted by Gasteiger charge is 2.23. The highest BCUT2D eigenvalue weighted by atomic mass is 35.5. The van der Waals surface area contributed by atoms with E-state index in [9.17, 15) is 5.11 Å². The van der Waals surface area contributed by atoms with Crippen LogP contribution in [0.3, 0.4) is 0 Å². The molecule has 1 aliphatic heterocycles. The lowest BCUT2D eigenvalue weighted by Crippen LogP contribution is -2.35. The second kappa shape index (κ2) is 5.47. The number of hydrogen-bond donors (Lipinski definition) is 1. The van der Waals surface area contributed by atoms with Crippen molar-refractivity contribution in [3.8, 4) is 0 Å². The summed E-state index contributed by atoms with van der Waals surface area (Å²) in [6.07, 6.45) is 2.00. The molecule has 0 amide bonds. The molecule has 6 heteroatoms. The smallest absolute Gasteiger partial charge is 0.225 e. The van der Waals surface area contributed by atoms with Crippen molar-refractivity contribution in [2.45, 2.75) is 26.7 Å². The Balaban J connectivity index is 2.02. The Morgan fingerprint density at radius 2 is 2.00 bits per heavy atom. The van der Waals surface area contributed by atoms with Crippen molar-refractivity contribution in [2.75, 3.05) is 24.6 Å². The van der Waals surface area contributed by atoms with E-state index in [0.717, 1.165) is 42.0 Å². The van der Waals surface area contributed by atoms with Crippen LogP contribution in [0.2, 0.25) is 5.28 Å². The second-order valence-corrected chi connectivity index (χ2v) is 6.93. The normalized spacial score (nSPS) is 17.1. The standard InChI is InChI=1S/C14H18ClN3OS/c1-8-9(2)20-13-11(8)12(16-14(15)17-13)18-5-3-10(7-19)4-6-18/h10,19H,3-7H2,1-2H3. The Morgan fingerprint density at radius 3 is 2.65 bits per heavy atom. The minimum absolute atomic E-state index is 0.282. The van der Waals surface area contributed by atoms with Gasteiger partial charge in [-0.25, -0.2) is 4.98 Å². The van der Waals surface area contributed by atoms with Crippen LogP contribution in [-0.2, 0) is 0 Å². The van der Waals surface area contributed by atoms with Gasteiger partial charge in [0.2, 0.25) is 5.28 Å². The molecule has 0 aliphatic carbocycles. The number of piperidine rings is 1. The molecule has 0 radical (unpaired) electrons. The first-order chi connectivity index (χ1) is 9.60. The molecule has 4 nitrogen and oxygen atoms in total. The predicted octanol–water partition coefficient (Wildman–Crippen LogP) is 3.17. The van der Waals surface area contributed by atoms with E-state index >= 15 is 0 Å². The molecular weight excluding hydrogens is 294 g/mol. The molecule has 1 saturated heterocycles. The zero-order chi connectivity index (χ0) is 14.3. The van der Waals surface area contributed by atoms with Gasteiger partial charge in [-0.05, 0) is 49.8 Å². The minimum atomic E-state index is 0.282. The Labute approximate surface area is 127 Å². The van der Waals surface area contributed by atoms with Gasteiger partial charge in [-0.1, -0.05) is 0 Å². The summed E-state index contributed by atoms with van der Waals surface area (Å²) in [4.78, 5) is 13.3. The molecule has 0 spiro atoms. The molecule has 0 unspecified atom stereocenters. The summed E-state index contributed by atoms with van der Waals surface area (Å²) >= 11 is 7.75. The molecular formula is C14H18ClN3OS. The SMILES string of the molecule is Cc1sc2nc(Cl)nc(N3CCC(CO)CC3)c2c1C. The van der Waals surface area contributed by atoms with Crippen molar-refractivity contribution >= 4 is 39.0 Å². The van der Waals surface area contributed by atoms with E-state index in [-0.39, 0.29) is 6.61 Å². The monoisotopic (exact) mass is 311 g/mol. The van der Waals surface area contributed by atoms with Crippen molar-refractivity contribution in [1.29, 1.82) is 0 Å². The van der Waals surface area contributed by atoms with Crippen molar-refractivity contribution < 1.29 is 5.11 Å². The fraction of sp³-hybridized carbons (Fsp3) is 0.571. The van der Waals surface area contributed by atoms with Gasteiger partial charge in [0.25, 0.3) is 0 Å². The van der Waals surface area contributed by atoms with Crippen LogP contribution < -0.4 is 4.90 Å². The molecule has 0 saturated carbocycles. The Kier molecular flexibility index (Phi) is 3.84. The molecule has 1 fully saturated rings. The molecule has 1 aliphatic rings. The molecule has 0 atom stereocenters. The van der Waals surface area contributed by atoms with Crippen LogP contribution in [0.4, 0.5) is 5.82 Å². The number of aromatic nitrogens is 2. The predicted molar refractivity (Wildman–Crippen MR) is 83.9 cm³/mol. The van der Waals surface area contributed by atoms with E-state index in [0.29, 0.717) is 11.2 Å². The Bertz CT molecular complexity index is 635. The van der Waals surface area contributed by atoms with Crippen molar-refractivity contribution in [2.24, 2.45) is 5.92 Å². The number of rotatable bonds is 2. The third-order valence-electron chi connectivity index (χ3n) is 4.15. The lowest BCUT2D eigenvalue weighted by atomic mass is 9.97. The second-order valence-electron chi connectivity index (χ2n) is 5.39. The lowest BCUT2D eigenvalue weighted by Gasteiger charge is -2.32. The molecule has 0 bridgehead atoms. The van der Waals surface area contributed by atoms with E-state index in [4.69, 9.17) is 11.6 Å². The van der Waals surface area contributed by atoms with Gasteiger partial charge in [0.1, 0.15) is 10.6 Å². The number of halogens is 1. The van der Waals surface area contributed by atoms with Crippen molar-refractivity contribution in [3.63, 3.8) is 0 Å². The number of aliphatic hydroxyl groups is 1. The maximum atomic E-state index is 9.25. The van der Waals surface area contributed by atoms with Crippen LogP contribution in [0.15, 0.2) is 0 Å². The van der Waals surface area contributed by atoms with Gasteiger partial charge >= 0.3 is 0 Å². The maximum absolute atomic E-state index is 9.25. The minimum Gasteiger partial charge on any atom is -0.396 e. The fourth-order valence-corrected chi connectivity index (χ4v) is 4.00. The van der Waals surface area contributed by atoms with Crippen LogP contribution in [0.5, 0.6) is 0 Å². The van der Waals surface area contributed by atoms with Crippen LogP contribution >= 0.6 is 22.9 Å². The van der Waals surface area contributed by atoms with Crippen LogP contribution in [0, 0.1) is 19.8 Å². The lowest BCUT2D eigenvalue weighted by molar-refractivity contribution is 0.203. The van der Waals surface area contributed by atoms with Gasteiger partial charge in [0.05, 0.1) is 5.39 Å². The molecule has 0 aromatic carbocycles. The summed E-state index contributed by atoms with van der Waals surface area (Å²) in [7, 11) is 0. The summed E-state index contributed by atoms with van der Waals surface area (Å²) in [6, 6.07) is 0. The van der Waals surface area contributed by atoms with Crippen LogP contribution in [-0.4, -0.2) is 34.8 Å². The van der Waals surface area contributed by atoms with E-state index in [1.54, 1.807) is 11.3 Å². The third kappa shape index (κ3) is 2.38. The molecule has 20 heavy (non-hydrogen) atoms. The van der Waals surface area contributed by atoms with E-state index in [1.807, 2.05) is 0 Å². The number of hydrogen-bond acceptors (Lipinski definition) is 5. The van der Waals surface area contributed by atoms with Crippen molar-refractivity contribution in [3.05, 3.63) is 15.7 Å². The quantitative estimate of drug-likeness (QED) is 0.866. The molecule has 3 rings (SSSR count). The van der Waals surface area contributed by atoms with Gasteiger partial charge in [0.15, 0.2) is 0 Å². The van der Waals surface area contributed by atoms with Crippen molar-refractivity contribution in [1.82, 2.24) is 9.97 Å². The summed E-state index contributed by atoms with van der Waals surface area (Å²) < 4.78 is 0. The summed E-state index contributed by atoms with van der Waals surface area (Å²) in [5, 5.41) is 10.7. The molecule has 3 heterocycles. The maximum Gasteiger partial charge on any atom is 0.225 e. The number of anilines is 1. The van der Waals surface area contributed by atoms with Gasteiger partial charge in [0, 0.05) is 24.6 Å². The van der Waals surface area contributed by atoms with Gasteiger partial charge in [-0.2, -0.15) is 4.98 Å². The highest BCUT2D eigenvalue weighted by molar-refractivity contribution is 7.18. The van der Waals surface area contributed by atoms with Crippen LogP contribution in [0.25, 0.3) is 10.2 Å². The van der Waals surface area contributed by atoms with E-state index in [2.05, 4.69) is 28.7 Å². The van der Waals surface area contributed by atoms with Gasteiger partial charge in [-0.3, -0.25) is 0 Å². The van der Waals surface area contributed by atoms with E-state index < -0.39 is 0 Å². The Hall–Kier alpha value is -0.910. The number of aliphatic hydroxyl groups excluding tert-OH is 1. The summed E-state index contributed by atoms with van der Waals surface area (Å²) in [5.41, 5.74) is 1.25. The third-order valence-corrected chi connectivity index (χ3v) is 5.42. The molecule has 2 aromatic heterocycles. The van der Waals surface area contributed by atoms with Crippen LogP contribution in [0.1, 0.15) is 23.3 Å². The topological polar surface area (TPSA) is 49.2 Å². The zero-order valence-electron chi connectivity index (χ0n) is 11.7. The largest absolute Gasteiger partial charge is 0.396 e. The first-order valence-electron chi connectivity index (χ1n) is 6.89. The summed E-state index contributed by atoms with van der Waals surface area (Å²) in [5.74, 6) is 1.38. The number of thiophene rings is 1. The Morgan fingerprint density at radius 1 is 1.30 bits per heavy atom. The highest BCUT2D eigenvalue weighted by Crippen LogP contribution is 2.36. The average Bonchev–Trinajstić information content (AvgIpc) is 2.73. The average molecular weight is 312 g/mol. The molecule has 2 aromatic rings. The first kappa shape index (κ1) is 14.0. The number of aryl methyl sites for hydroxylation is 2. The zero-order valence-corrected chi connectivity index (χ0v) is 13.3.